The van der Waals surface area contributed by atoms with Gasteiger partial charge in [-0.15, -0.1) is 0 Å². The van der Waals surface area contributed by atoms with Gasteiger partial charge in [-0.1, -0.05) is 23.9 Å². The van der Waals surface area contributed by atoms with Gasteiger partial charge in [-0.05, 0) is 38.0 Å². The Balaban J connectivity index is 1.96. The minimum Gasteiger partial charge on any atom is -0.462 e. The fourth-order valence-electron chi connectivity index (χ4n) is 2.00. The fourth-order valence-corrected chi connectivity index (χ4v) is 2.62. The van der Waals surface area contributed by atoms with Crippen molar-refractivity contribution in [2.45, 2.75) is 25.9 Å². The van der Waals surface area contributed by atoms with Crippen molar-refractivity contribution in [1.29, 1.82) is 0 Å². The fraction of sp³-hybridized carbons (Fsp3) is 0.294. The highest BCUT2D eigenvalue weighted by atomic mass is 32.2. The highest BCUT2D eigenvalue weighted by molar-refractivity contribution is 7.99. The van der Waals surface area contributed by atoms with Crippen LogP contribution in [0.15, 0.2) is 29.6 Å². The number of aromatic nitrogens is 2. The third-order valence-corrected chi connectivity index (χ3v) is 4.15. The molecule has 0 fully saturated rings. The second-order valence-electron chi connectivity index (χ2n) is 5.33. The Morgan fingerprint density at radius 1 is 1.32 bits per heavy atom. The third-order valence-electron chi connectivity index (χ3n) is 3.29. The molecule has 132 valence electrons. The van der Waals surface area contributed by atoms with E-state index in [2.05, 4.69) is 15.3 Å². The monoisotopic (exact) mass is 360 g/mol. The number of nitrogens with two attached hydrogens (primary N) is 1. The number of carbonyl (C=O) groups excluding carboxylic acids is 2. The molecule has 0 aliphatic carbocycles. The summed E-state index contributed by atoms with van der Waals surface area (Å²) in [4.78, 5) is 31.8. The van der Waals surface area contributed by atoms with Crippen LogP contribution in [0.1, 0.15) is 28.4 Å². The van der Waals surface area contributed by atoms with Gasteiger partial charge in [0.25, 0.3) is 0 Å². The lowest BCUT2D eigenvalue weighted by molar-refractivity contribution is -0.113. The first-order valence-corrected chi connectivity index (χ1v) is 8.68. The number of nitrogens with one attached hydrogen (secondary N) is 1. The number of amides is 1. The molecule has 0 spiro atoms. The number of rotatable bonds is 6. The van der Waals surface area contributed by atoms with E-state index in [9.17, 15) is 9.59 Å². The Kier molecular flexibility index (Phi) is 6.35. The quantitative estimate of drug-likeness (QED) is 0.463. The Morgan fingerprint density at radius 3 is 2.76 bits per heavy atom. The summed E-state index contributed by atoms with van der Waals surface area (Å²) in [6.07, 6.45) is 1.31. The molecular weight excluding hydrogens is 340 g/mol. The number of esters is 1. The summed E-state index contributed by atoms with van der Waals surface area (Å²) in [6.45, 7) is 5.84. The third kappa shape index (κ3) is 5.18. The van der Waals surface area contributed by atoms with Crippen LogP contribution in [0.25, 0.3) is 0 Å². The van der Waals surface area contributed by atoms with E-state index < -0.39 is 5.97 Å². The largest absolute Gasteiger partial charge is 0.462 e. The molecule has 25 heavy (non-hydrogen) atoms. The van der Waals surface area contributed by atoms with Crippen molar-refractivity contribution in [1.82, 2.24) is 9.97 Å². The van der Waals surface area contributed by atoms with E-state index in [4.69, 9.17) is 10.5 Å². The minimum atomic E-state index is -0.566. The predicted octanol–water partition coefficient (Wildman–Crippen LogP) is 2.58. The second-order valence-corrected chi connectivity index (χ2v) is 6.27. The maximum atomic E-state index is 12.1. The Labute approximate surface area is 150 Å². The lowest BCUT2D eigenvalue weighted by atomic mass is 10.1. The van der Waals surface area contributed by atoms with Crippen LogP contribution in [0.5, 0.6) is 0 Å². The number of hydrogen-bond acceptors (Lipinski definition) is 7. The predicted molar refractivity (Wildman–Crippen MR) is 97.7 cm³/mol. The number of anilines is 2. The van der Waals surface area contributed by atoms with E-state index >= 15 is 0 Å². The Bertz CT molecular complexity index is 795. The number of ether oxygens (including phenoxy) is 1. The minimum absolute atomic E-state index is 0.0332. The Morgan fingerprint density at radius 2 is 2.08 bits per heavy atom. The second kappa shape index (κ2) is 8.48. The molecule has 0 unspecified atom stereocenters. The summed E-state index contributed by atoms with van der Waals surface area (Å²) in [5, 5.41) is 3.18. The summed E-state index contributed by atoms with van der Waals surface area (Å²) in [7, 11) is 0. The highest BCUT2D eigenvalue weighted by Crippen LogP contribution is 2.19. The SMILES string of the molecule is CCOC(=O)c1cnc(SCC(=O)Nc2cc(C)ccc2C)nc1N. The smallest absolute Gasteiger partial charge is 0.343 e. The maximum Gasteiger partial charge on any atom is 0.343 e. The van der Waals surface area contributed by atoms with Gasteiger partial charge in [0.1, 0.15) is 11.4 Å². The van der Waals surface area contributed by atoms with E-state index in [-0.39, 0.29) is 29.6 Å². The standard InChI is InChI=1S/C17H20N4O3S/c1-4-24-16(23)12-8-19-17(21-15(12)18)25-9-14(22)20-13-7-10(2)5-6-11(13)3/h5-8H,4,9H2,1-3H3,(H,20,22)(H2,18,19,21). The summed E-state index contributed by atoms with van der Waals surface area (Å²) < 4.78 is 4.86. The number of thioether (sulfide) groups is 1. The van der Waals surface area contributed by atoms with Gasteiger partial charge >= 0.3 is 5.97 Å². The summed E-state index contributed by atoms with van der Waals surface area (Å²) in [5.41, 5.74) is 8.71. The van der Waals surface area contributed by atoms with Gasteiger partial charge in [-0.25, -0.2) is 14.8 Å². The van der Waals surface area contributed by atoms with Crippen LogP contribution >= 0.6 is 11.8 Å². The molecule has 0 aliphatic heterocycles. The first-order chi connectivity index (χ1) is 11.9. The molecule has 0 saturated carbocycles. The van der Waals surface area contributed by atoms with Crippen LogP contribution in [0.3, 0.4) is 0 Å². The Hall–Kier alpha value is -2.61. The number of nitrogens with zero attached hydrogens (tertiary/aromatic N) is 2. The normalized spacial score (nSPS) is 10.4. The van der Waals surface area contributed by atoms with Gasteiger partial charge in [0.05, 0.1) is 12.4 Å². The van der Waals surface area contributed by atoms with Crippen molar-refractivity contribution < 1.29 is 14.3 Å². The van der Waals surface area contributed by atoms with Crippen LogP contribution in [0.4, 0.5) is 11.5 Å². The first kappa shape index (κ1) is 18.7. The van der Waals surface area contributed by atoms with Gasteiger partial charge in [-0.2, -0.15) is 0 Å². The molecule has 0 saturated heterocycles. The van der Waals surface area contributed by atoms with Crippen molar-refractivity contribution in [3.05, 3.63) is 41.1 Å². The van der Waals surface area contributed by atoms with Crippen LogP contribution in [0, 0.1) is 13.8 Å². The van der Waals surface area contributed by atoms with Crippen molar-refractivity contribution >= 4 is 35.1 Å². The molecule has 1 amide bonds. The molecule has 2 rings (SSSR count). The van der Waals surface area contributed by atoms with E-state index in [1.54, 1.807) is 6.92 Å². The van der Waals surface area contributed by atoms with Crippen LogP contribution in [-0.4, -0.2) is 34.2 Å². The number of benzene rings is 1. The average Bonchev–Trinajstić information content (AvgIpc) is 2.56. The number of nitrogen functional groups attached to an aromatic ring is 1. The molecule has 1 aromatic carbocycles. The lowest BCUT2D eigenvalue weighted by Gasteiger charge is -2.09. The molecule has 2 aromatic rings. The zero-order chi connectivity index (χ0) is 18.4. The molecule has 0 bridgehead atoms. The molecular formula is C17H20N4O3S. The lowest BCUT2D eigenvalue weighted by Crippen LogP contribution is -2.15. The molecule has 1 heterocycles. The van der Waals surface area contributed by atoms with E-state index in [0.717, 1.165) is 28.6 Å². The van der Waals surface area contributed by atoms with Crippen molar-refractivity contribution in [3.8, 4) is 0 Å². The summed E-state index contributed by atoms with van der Waals surface area (Å²) >= 11 is 1.14. The first-order valence-electron chi connectivity index (χ1n) is 7.70. The maximum absolute atomic E-state index is 12.1. The zero-order valence-electron chi connectivity index (χ0n) is 14.3. The van der Waals surface area contributed by atoms with E-state index in [1.165, 1.54) is 6.20 Å². The van der Waals surface area contributed by atoms with Gasteiger partial charge in [-0.3, -0.25) is 4.79 Å². The molecule has 3 N–H and O–H groups in total. The van der Waals surface area contributed by atoms with Gasteiger partial charge in [0.15, 0.2) is 5.16 Å². The van der Waals surface area contributed by atoms with E-state index in [0.29, 0.717) is 5.16 Å². The van der Waals surface area contributed by atoms with Crippen molar-refractivity contribution in [2.75, 3.05) is 23.4 Å². The van der Waals surface area contributed by atoms with Crippen LogP contribution < -0.4 is 11.1 Å². The van der Waals surface area contributed by atoms with Crippen LogP contribution in [-0.2, 0) is 9.53 Å². The van der Waals surface area contributed by atoms with E-state index in [1.807, 2.05) is 32.0 Å². The molecule has 0 radical (unpaired) electrons. The van der Waals surface area contributed by atoms with Crippen LogP contribution in [0.2, 0.25) is 0 Å². The van der Waals surface area contributed by atoms with Gasteiger partial charge < -0.3 is 15.8 Å². The molecule has 8 heteroatoms. The zero-order valence-corrected chi connectivity index (χ0v) is 15.1. The molecule has 7 nitrogen and oxygen atoms in total. The van der Waals surface area contributed by atoms with Crippen molar-refractivity contribution in [3.63, 3.8) is 0 Å². The van der Waals surface area contributed by atoms with Gasteiger partial charge in [0, 0.05) is 11.9 Å². The average molecular weight is 360 g/mol. The summed E-state index contributed by atoms with van der Waals surface area (Å²) in [5.74, 6) is -0.573. The number of carbonyl (C=O) groups is 2. The topological polar surface area (TPSA) is 107 Å². The molecule has 1 aromatic heterocycles. The molecule has 0 aliphatic rings. The number of aryl methyl sites for hydroxylation is 2. The molecule has 0 atom stereocenters. The number of hydrogen-bond donors (Lipinski definition) is 2. The van der Waals surface area contributed by atoms with Gasteiger partial charge in [0.2, 0.25) is 5.91 Å². The highest BCUT2D eigenvalue weighted by Gasteiger charge is 2.14. The van der Waals surface area contributed by atoms with Crippen molar-refractivity contribution in [2.24, 2.45) is 0 Å². The summed E-state index contributed by atoms with van der Waals surface area (Å²) in [6, 6.07) is 5.86.